The van der Waals surface area contributed by atoms with Crippen LogP contribution in [0.25, 0.3) is 111 Å². The van der Waals surface area contributed by atoms with Gasteiger partial charge in [-0.1, -0.05) is 127 Å². The van der Waals surface area contributed by atoms with E-state index >= 15 is 0 Å². The molecule has 0 radical (unpaired) electrons. The van der Waals surface area contributed by atoms with E-state index in [1.54, 1.807) is 0 Å². The zero-order chi connectivity index (χ0) is 37.5. The van der Waals surface area contributed by atoms with E-state index in [4.69, 9.17) is 19.4 Å². The Labute approximate surface area is 326 Å². The number of nitrogens with zero attached hydrogens (tertiary/aromatic N) is 5. The van der Waals surface area contributed by atoms with Gasteiger partial charge in [0, 0.05) is 55.0 Å². The monoisotopic (exact) mass is 729 g/mol. The molecular formula is C51H31N5O. The Kier molecular flexibility index (Phi) is 6.83. The maximum atomic E-state index is 6.68. The molecule has 6 heteroatoms. The van der Waals surface area contributed by atoms with Gasteiger partial charge in [-0.3, -0.25) is 0 Å². The van der Waals surface area contributed by atoms with Gasteiger partial charge in [0.1, 0.15) is 11.2 Å². The summed E-state index contributed by atoms with van der Waals surface area (Å²) in [6.45, 7) is 0. The van der Waals surface area contributed by atoms with Crippen LogP contribution in [0.2, 0.25) is 0 Å². The normalized spacial score (nSPS) is 11.9. The summed E-state index contributed by atoms with van der Waals surface area (Å²) in [5.41, 5.74) is 11.1. The van der Waals surface area contributed by atoms with E-state index in [2.05, 4.69) is 137 Å². The highest BCUT2D eigenvalue weighted by molar-refractivity contribution is 6.27. The average Bonchev–Trinajstić information content (AvgIpc) is 3.94. The van der Waals surface area contributed by atoms with Gasteiger partial charge in [-0.05, 0) is 60.7 Å². The van der Waals surface area contributed by atoms with Gasteiger partial charge in [0.25, 0.3) is 0 Å². The second-order valence-corrected chi connectivity index (χ2v) is 14.4. The summed E-state index contributed by atoms with van der Waals surface area (Å²) in [5, 5.41) is 6.72. The lowest BCUT2D eigenvalue weighted by atomic mass is 10.0. The van der Waals surface area contributed by atoms with Crippen molar-refractivity contribution in [3.63, 3.8) is 0 Å². The Morgan fingerprint density at radius 2 is 0.912 bits per heavy atom. The number of furan rings is 1. The van der Waals surface area contributed by atoms with E-state index in [0.29, 0.717) is 17.5 Å². The molecule has 0 saturated carbocycles. The Morgan fingerprint density at radius 3 is 1.58 bits per heavy atom. The van der Waals surface area contributed by atoms with Crippen LogP contribution in [0.15, 0.2) is 192 Å². The quantitative estimate of drug-likeness (QED) is 0.177. The maximum Gasteiger partial charge on any atom is 0.164 e. The van der Waals surface area contributed by atoms with Gasteiger partial charge in [0.2, 0.25) is 0 Å². The van der Waals surface area contributed by atoms with E-state index in [9.17, 15) is 0 Å². The SMILES string of the molecule is c1ccc(-c2nc(-c3ccccc3)nc(-c3cccc4c3c3ccc5oc6ccc(-n7c8ccccc8c8ccccc87)cc6c5c3n4-c3ccccc3)n2)cc1. The third-order valence-electron chi connectivity index (χ3n) is 11.2. The molecule has 4 heterocycles. The van der Waals surface area contributed by atoms with Crippen molar-refractivity contribution < 1.29 is 4.42 Å². The second kappa shape index (κ2) is 12.3. The summed E-state index contributed by atoms with van der Waals surface area (Å²) in [7, 11) is 0. The summed E-state index contributed by atoms with van der Waals surface area (Å²) in [4.78, 5) is 15.3. The van der Waals surface area contributed by atoms with Crippen LogP contribution in [0.1, 0.15) is 0 Å². The molecule has 0 aliphatic rings. The molecular weight excluding hydrogens is 699 g/mol. The number of aromatic nitrogens is 5. The third kappa shape index (κ3) is 4.81. The van der Waals surface area contributed by atoms with Crippen molar-refractivity contribution in [3.05, 3.63) is 188 Å². The van der Waals surface area contributed by atoms with Crippen LogP contribution < -0.4 is 0 Å². The van der Waals surface area contributed by atoms with Gasteiger partial charge in [-0.15, -0.1) is 0 Å². The van der Waals surface area contributed by atoms with Gasteiger partial charge < -0.3 is 13.6 Å². The Bertz CT molecular complexity index is 3400. The Hall–Kier alpha value is -7.83. The van der Waals surface area contributed by atoms with Crippen LogP contribution in [0.4, 0.5) is 0 Å². The van der Waals surface area contributed by atoms with E-state index in [-0.39, 0.29) is 0 Å². The highest BCUT2D eigenvalue weighted by Crippen LogP contribution is 2.44. The van der Waals surface area contributed by atoms with Gasteiger partial charge >= 0.3 is 0 Å². The molecule has 0 saturated heterocycles. The molecule has 0 amide bonds. The fourth-order valence-electron chi connectivity index (χ4n) is 8.70. The summed E-state index contributed by atoms with van der Waals surface area (Å²) in [5.74, 6) is 1.87. The van der Waals surface area contributed by atoms with Crippen LogP contribution in [0, 0.1) is 0 Å². The predicted molar refractivity (Wildman–Crippen MR) is 232 cm³/mol. The largest absolute Gasteiger partial charge is 0.456 e. The summed E-state index contributed by atoms with van der Waals surface area (Å²) < 4.78 is 11.4. The van der Waals surface area contributed by atoms with Crippen LogP contribution in [-0.4, -0.2) is 24.1 Å². The van der Waals surface area contributed by atoms with E-state index < -0.39 is 0 Å². The molecule has 0 bridgehead atoms. The minimum atomic E-state index is 0.617. The molecule has 57 heavy (non-hydrogen) atoms. The molecule has 0 aliphatic heterocycles. The van der Waals surface area contributed by atoms with E-state index in [1.165, 1.54) is 21.8 Å². The molecule has 4 aromatic heterocycles. The minimum Gasteiger partial charge on any atom is -0.456 e. The molecule has 12 rings (SSSR count). The van der Waals surface area contributed by atoms with Crippen molar-refractivity contribution in [1.82, 2.24) is 24.1 Å². The molecule has 0 atom stereocenters. The summed E-state index contributed by atoms with van der Waals surface area (Å²) in [6.07, 6.45) is 0. The summed E-state index contributed by atoms with van der Waals surface area (Å²) in [6, 6.07) is 65.4. The first-order chi connectivity index (χ1) is 28.3. The molecule has 6 nitrogen and oxygen atoms in total. The van der Waals surface area contributed by atoms with Gasteiger partial charge in [0.05, 0.1) is 27.5 Å². The fraction of sp³-hybridized carbons (Fsp3) is 0. The van der Waals surface area contributed by atoms with Crippen molar-refractivity contribution in [3.8, 4) is 45.5 Å². The standard InChI is InChI=1S/C51H31N5O/c1-4-15-32(16-5-1)49-52-50(33-17-6-2-7-18-33)54-51(53-49)39-23-14-26-43-46(39)38-28-30-45-47(48(38)56(43)34-19-8-3-9-20-34)40-31-35(27-29-44(40)57-45)55-41-24-12-10-21-36(41)37-22-11-13-25-42(37)55/h1-31H. The van der Waals surface area contributed by atoms with Crippen LogP contribution >= 0.6 is 0 Å². The molecule has 12 aromatic rings. The predicted octanol–water partition coefficient (Wildman–Crippen LogP) is 13.0. The van der Waals surface area contributed by atoms with Gasteiger partial charge in [0.15, 0.2) is 17.5 Å². The lowest BCUT2D eigenvalue weighted by Gasteiger charge is -2.10. The van der Waals surface area contributed by atoms with Crippen molar-refractivity contribution in [2.45, 2.75) is 0 Å². The van der Waals surface area contributed by atoms with Crippen molar-refractivity contribution in [1.29, 1.82) is 0 Å². The van der Waals surface area contributed by atoms with Gasteiger partial charge in [-0.2, -0.15) is 0 Å². The minimum absolute atomic E-state index is 0.617. The fourth-order valence-corrected chi connectivity index (χ4v) is 8.70. The Balaban J connectivity index is 1.18. The number of hydrogen-bond donors (Lipinski definition) is 0. The lowest BCUT2D eigenvalue weighted by Crippen LogP contribution is -2.00. The van der Waals surface area contributed by atoms with Crippen LogP contribution in [-0.2, 0) is 0 Å². The van der Waals surface area contributed by atoms with Crippen molar-refractivity contribution in [2.75, 3.05) is 0 Å². The topological polar surface area (TPSA) is 61.7 Å². The maximum absolute atomic E-state index is 6.68. The first-order valence-corrected chi connectivity index (χ1v) is 19.1. The van der Waals surface area contributed by atoms with E-state index in [0.717, 1.165) is 71.8 Å². The van der Waals surface area contributed by atoms with Crippen LogP contribution in [0.3, 0.4) is 0 Å². The first kappa shape index (κ1) is 31.5. The van der Waals surface area contributed by atoms with Crippen molar-refractivity contribution in [2.24, 2.45) is 0 Å². The summed E-state index contributed by atoms with van der Waals surface area (Å²) >= 11 is 0. The number of para-hydroxylation sites is 3. The molecule has 0 N–H and O–H groups in total. The number of rotatable bonds is 5. The highest BCUT2D eigenvalue weighted by atomic mass is 16.3. The average molecular weight is 730 g/mol. The molecule has 0 spiro atoms. The number of benzene rings is 8. The molecule has 0 unspecified atom stereocenters. The zero-order valence-electron chi connectivity index (χ0n) is 30.5. The Morgan fingerprint density at radius 1 is 0.351 bits per heavy atom. The lowest BCUT2D eigenvalue weighted by molar-refractivity contribution is 0.669. The first-order valence-electron chi connectivity index (χ1n) is 19.1. The number of fused-ring (bicyclic) bond motifs is 10. The molecule has 0 aliphatic carbocycles. The van der Waals surface area contributed by atoms with Crippen LogP contribution in [0.5, 0.6) is 0 Å². The van der Waals surface area contributed by atoms with Crippen molar-refractivity contribution >= 4 is 65.6 Å². The third-order valence-corrected chi connectivity index (χ3v) is 11.2. The number of hydrogen-bond acceptors (Lipinski definition) is 4. The highest BCUT2D eigenvalue weighted by Gasteiger charge is 2.24. The molecule has 0 fully saturated rings. The van der Waals surface area contributed by atoms with E-state index in [1.807, 2.05) is 60.7 Å². The molecule has 266 valence electrons. The molecule has 8 aromatic carbocycles. The van der Waals surface area contributed by atoms with Gasteiger partial charge in [-0.25, -0.2) is 15.0 Å². The zero-order valence-corrected chi connectivity index (χ0v) is 30.5. The second-order valence-electron chi connectivity index (χ2n) is 14.4. The smallest absolute Gasteiger partial charge is 0.164 e.